The average Bonchev–Trinajstić information content (AvgIpc) is 2.25. The van der Waals surface area contributed by atoms with Crippen LogP contribution in [-0.2, 0) is 24.6 Å². The summed E-state index contributed by atoms with van der Waals surface area (Å²) in [6.45, 7) is 0.344. The van der Waals surface area contributed by atoms with Crippen molar-refractivity contribution in [3.05, 3.63) is 0 Å². The summed E-state index contributed by atoms with van der Waals surface area (Å²) in [7, 11) is -5.61. The Hall–Kier alpha value is -0.710. The maximum atomic E-state index is 12.0. The number of sulfone groups is 1. The molecule has 0 atom stereocenters. The lowest BCUT2D eigenvalue weighted by Crippen LogP contribution is -2.39. The number of ether oxygens (including phenoxy) is 1. The SMILES string of the molecule is COCCN(CCC(=N)N)S(=O)(=O)CCS(C)(=O)=O. The van der Waals surface area contributed by atoms with Crippen LogP contribution in [0.3, 0.4) is 0 Å². The van der Waals surface area contributed by atoms with Gasteiger partial charge in [0, 0.05) is 32.9 Å². The highest BCUT2D eigenvalue weighted by Crippen LogP contribution is 2.04. The minimum atomic E-state index is -3.70. The zero-order valence-corrected chi connectivity index (χ0v) is 12.8. The van der Waals surface area contributed by atoms with Crippen LogP contribution in [0.4, 0.5) is 0 Å². The van der Waals surface area contributed by atoms with E-state index in [0.717, 1.165) is 10.6 Å². The molecule has 3 N–H and O–H groups in total. The minimum absolute atomic E-state index is 0.0464. The Morgan fingerprint density at radius 1 is 1.21 bits per heavy atom. The second kappa shape index (κ2) is 7.78. The summed E-state index contributed by atoms with van der Waals surface area (Å²) in [6, 6.07) is 0. The van der Waals surface area contributed by atoms with Gasteiger partial charge in [0.05, 0.1) is 23.9 Å². The average molecular weight is 315 g/mol. The van der Waals surface area contributed by atoms with Crippen LogP contribution >= 0.6 is 0 Å². The monoisotopic (exact) mass is 315 g/mol. The normalized spacial score (nSPS) is 12.8. The highest BCUT2D eigenvalue weighted by Gasteiger charge is 2.23. The minimum Gasteiger partial charge on any atom is -0.388 e. The number of nitrogens with one attached hydrogen (secondary N) is 1. The number of methoxy groups -OCH3 is 1. The molecule has 114 valence electrons. The topological polar surface area (TPSA) is 131 Å². The van der Waals surface area contributed by atoms with Gasteiger partial charge in [0.15, 0.2) is 0 Å². The van der Waals surface area contributed by atoms with Gasteiger partial charge in [-0.15, -0.1) is 0 Å². The summed E-state index contributed by atoms with van der Waals surface area (Å²) < 4.78 is 51.9. The van der Waals surface area contributed by atoms with E-state index in [1.807, 2.05) is 0 Å². The number of nitrogens with zero attached hydrogens (tertiary/aromatic N) is 1. The second-order valence-electron chi connectivity index (χ2n) is 4.11. The van der Waals surface area contributed by atoms with Crippen molar-refractivity contribution in [1.82, 2.24) is 4.31 Å². The van der Waals surface area contributed by atoms with Crippen LogP contribution in [0.25, 0.3) is 0 Å². The number of hydrogen-bond donors (Lipinski definition) is 2. The molecule has 0 amide bonds. The molecule has 0 aromatic rings. The molecule has 0 radical (unpaired) electrons. The third kappa shape index (κ3) is 8.92. The lowest BCUT2D eigenvalue weighted by atomic mass is 10.4. The van der Waals surface area contributed by atoms with E-state index in [2.05, 4.69) is 0 Å². The number of sulfonamides is 1. The summed E-state index contributed by atoms with van der Waals surface area (Å²) >= 11 is 0. The van der Waals surface area contributed by atoms with Gasteiger partial charge in [-0.25, -0.2) is 16.8 Å². The molecule has 0 aromatic carbocycles. The van der Waals surface area contributed by atoms with E-state index in [9.17, 15) is 16.8 Å². The summed E-state index contributed by atoms with van der Waals surface area (Å²) in [4.78, 5) is 0. The molecule has 0 aromatic heterocycles. The predicted octanol–water partition coefficient (Wildman–Crippen LogP) is -1.36. The predicted molar refractivity (Wildman–Crippen MR) is 73.5 cm³/mol. The molecule has 0 saturated heterocycles. The molecule has 0 aliphatic carbocycles. The van der Waals surface area contributed by atoms with E-state index in [0.29, 0.717) is 0 Å². The van der Waals surface area contributed by atoms with E-state index in [-0.39, 0.29) is 32.0 Å². The smallest absolute Gasteiger partial charge is 0.215 e. The van der Waals surface area contributed by atoms with Crippen LogP contribution in [0.2, 0.25) is 0 Å². The van der Waals surface area contributed by atoms with Gasteiger partial charge in [0.2, 0.25) is 10.0 Å². The van der Waals surface area contributed by atoms with Gasteiger partial charge >= 0.3 is 0 Å². The van der Waals surface area contributed by atoms with Gasteiger partial charge < -0.3 is 10.5 Å². The lowest BCUT2D eigenvalue weighted by molar-refractivity contribution is 0.179. The molecule has 0 saturated carbocycles. The Labute approximate surface area is 114 Å². The number of amidine groups is 1. The summed E-state index contributed by atoms with van der Waals surface area (Å²) in [5, 5.41) is 7.10. The third-order valence-electron chi connectivity index (χ3n) is 2.28. The zero-order chi connectivity index (χ0) is 15.1. The van der Waals surface area contributed by atoms with Crippen molar-refractivity contribution in [3.8, 4) is 0 Å². The van der Waals surface area contributed by atoms with Crippen molar-refractivity contribution in [1.29, 1.82) is 5.41 Å². The lowest BCUT2D eigenvalue weighted by Gasteiger charge is -2.21. The maximum absolute atomic E-state index is 12.0. The van der Waals surface area contributed by atoms with E-state index in [1.165, 1.54) is 7.11 Å². The molecule has 19 heavy (non-hydrogen) atoms. The number of hydrogen-bond acceptors (Lipinski definition) is 6. The number of nitrogens with two attached hydrogens (primary N) is 1. The first-order valence-electron chi connectivity index (χ1n) is 5.56. The quantitative estimate of drug-likeness (QED) is 0.378. The highest BCUT2D eigenvalue weighted by atomic mass is 32.2. The van der Waals surface area contributed by atoms with Crippen molar-refractivity contribution in [3.63, 3.8) is 0 Å². The largest absolute Gasteiger partial charge is 0.388 e. The molecule has 0 unspecified atom stereocenters. The van der Waals surface area contributed by atoms with Gasteiger partial charge in [0.1, 0.15) is 9.84 Å². The fraction of sp³-hybridized carbons (Fsp3) is 0.889. The molecule has 0 heterocycles. The fourth-order valence-electron chi connectivity index (χ4n) is 1.21. The third-order valence-corrected chi connectivity index (χ3v) is 5.36. The van der Waals surface area contributed by atoms with E-state index in [4.69, 9.17) is 15.9 Å². The van der Waals surface area contributed by atoms with Crippen LogP contribution < -0.4 is 5.73 Å². The van der Waals surface area contributed by atoms with Gasteiger partial charge in [0.25, 0.3) is 0 Å². The van der Waals surface area contributed by atoms with Gasteiger partial charge in [-0.1, -0.05) is 0 Å². The molecule has 0 bridgehead atoms. The van der Waals surface area contributed by atoms with Crippen molar-refractivity contribution in [2.45, 2.75) is 6.42 Å². The van der Waals surface area contributed by atoms with E-state index in [1.54, 1.807) is 0 Å². The zero-order valence-electron chi connectivity index (χ0n) is 11.1. The molecule has 0 fully saturated rings. The Morgan fingerprint density at radius 2 is 1.79 bits per heavy atom. The van der Waals surface area contributed by atoms with Crippen LogP contribution in [-0.4, -0.2) is 71.5 Å². The van der Waals surface area contributed by atoms with Crippen molar-refractivity contribution >= 4 is 25.7 Å². The van der Waals surface area contributed by atoms with Crippen molar-refractivity contribution in [2.75, 3.05) is 44.6 Å². The molecular weight excluding hydrogens is 294 g/mol. The Morgan fingerprint density at radius 3 is 2.21 bits per heavy atom. The van der Waals surface area contributed by atoms with Crippen LogP contribution in [0, 0.1) is 5.41 Å². The first kappa shape index (κ1) is 18.3. The van der Waals surface area contributed by atoms with Crippen molar-refractivity contribution < 1.29 is 21.6 Å². The van der Waals surface area contributed by atoms with E-state index >= 15 is 0 Å². The first-order chi connectivity index (χ1) is 8.58. The standard InChI is InChI=1S/C9H21N3O5S2/c1-17-6-5-12(4-3-9(10)11)19(15,16)8-7-18(2,13)14/h3-8H2,1-2H3,(H3,10,11). The highest BCUT2D eigenvalue weighted by molar-refractivity contribution is 7.93. The van der Waals surface area contributed by atoms with Crippen LogP contribution in [0.15, 0.2) is 0 Å². The molecule has 10 heteroatoms. The molecule has 0 spiro atoms. The fourth-order valence-corrected chi connectivity index (χ4v) is 4.25. The Bertz CT molecular complexity index is 486. The Balaban J connectivity index is 4.74. The van der Waals surface area contributed by atoms with E-state index < -0.39 is 31.4 Å². The molecular formula is C9H21N3O5S2. The summed E-state index contributed by atoms with van der Waals surface area (Å²) in [6.07, 6.45) is 1.08. The summed E-state index contributed by atoms with van der Waals surface area (Å²) in [5.74, 6) is -1.03. The van der Waals surface area contributed by atoms with Crippen LogP contribution in [0.1, 0.15) is 6.42 Å². The molecule has 0 aliphatic rings. The maximum Gasteiger partial charge on any atom is 0.215 e. The first-order valence-corrected chi connectivity index (χ1v) is 9.23. The van der Waals surface area contributed by atoms with Crippen LogP contribution in [0.5, 0.6) is 0 Å². The van der Waals surface area contributed by atoms with Crippen molar-refractivity contribution in [2.24, 2.45) is 5.73 Å². The summed E-state index contributed by atoms with van der Waals surface area (Å²) in [5.41, 5.74) is 5.19. The van der Waals surface area contributed by atoms with Gasteiger partial charge in [-0.05, 0) is 0 Å². The Kier molecular flexibility index (Phi) is 7.49. The second-order valence-corrected chi connectivity index (χ2v) is 8.46. The molecule has 0 rings (SSSR count). The molecule has 8 nitrogen and oxygen atoms in total. The molecule has 0 aliphatic heterocycles. The van der Waals surface area contributed by atoms with Gasteiger partial charge in [-0.3, -0.25) is 5.41 Å². The number of rotatable bonds is 10. The van der Waals surface area contributed by atoms with Gasteiger partial charge in [-0.2, -0.15) is 4.31 Å².